The third-order valence-corrected chi connectivity index (χ3v) is 1.55. The van der Waals surface area contributed by atoms with Crippen molar-refractivity contribution >= 4 is 12.2 Å². The van der Waals surface area contributed by atoms with Crippen molar-refractivity contribution in [1.29, 1.82) is 0 Å². The Morgan fingerprint density at radius 1 is 1.46 bits per heavy atom. The standard InChI is InChI=1S/C9H10N2O2/c1-11(2)9(13)8-3-7(6-12)4-10-5-8/h3-6H,1-2H3. The predicted octanol–water partition coefficient (Wildman–Crippen LogP) is 0.596. The molecule has 0 bridgehead atoms. The monoisotopic (exact) mass is 178 g/mol. The number of nitrogens with zero attached hydrogens (tertiary/aromatic N) is 2. The number of pyridine rings is 1. The Balaban J connectivity index is 3.01. The van der Waals surface area contributed by atoms with Crippen LogP contribution < -0.4 is 0 Å². The van der Waals surface area contributed by atoms with E-state index >= 15 is 0 Å². The van der Waals surface area contributed by atoms with Gasteiger partial charge in [-0.05, 0) is 6.07 Å². The molecule has 68 valence electrons. The molecule has 1 aromatic heterocycles. The van der Waals surface area contributed by atoms with Crippen molar-refractivity contribution in [3.8, 4) is 0 Å². The molecule has 0 aromatic carbocycles. The molecule has 1 aromatic rings. The summed E-state index contributed by atoms with van der Waals surface area (Å²) < 4.78 is 0. The fourth-order valence-corrected chi connectivity index (χ4v) is 0.897. The zero-order chi connectivity index (χ0) is 9.84. The maximum Gasteiger partial charge on any atom is 0.254 e. The summed E-state index contributed by atoms with van der Waals surface area (Å²) in [6.45, 7) is 0. The molecule has 1 rings (SSSR count). The molecule has 0 radical (unpaired) electrons. The fourth-order valence-electron chi connectivity index (χ4n) is 0.897. The zero-order valence-electron chi connectivity index (χ0n) is 7.52. The Hall–Kier alpha value is -1.71. The van der Waals surface area contributed by atoms with Crippen molar-refractivity contribution in [2.75, 3.05) is 14.1 Å². The van der Waals surface area contributed by atoms with Crippen LogP contribution in [0.1, 0.15) is 20.7 Å². The number of aromatic nitrogens is 1. The van der Waals surface area contributed by atoms with Crippen LogP contribution >= 0.6 is 0 Å². The highest BCUT2D eigenvalue weighted by Crippen LogP contribution is 2.02. The van der Waals surface area contributed by atoms with Gasteiger partial charge in [0.25, 0.3) is 5.91 Å². The Bertz CT molecular complexity index is 334. The molecule has 0 spiro atoms. The van der Waals surface area contributed by atoms with Crippen molar-refractivity contribution in [2.24, 2.45) is 0 Å². The van der Waals surface area contributed by atoms with Gasteiger partial charge in [-0.15, -0.1) is 0 Å². The first kappa shape index (κ1) is 9.38. The smallest absolute Gasteiger partial charge is 0.254 e. The zero-order valence-corrected chi connectivity index (χ0v) is 7.52. The summed E-state index contributed by atoms with van der Waals surface area (Å²) in [5, 5.41) is 0. The molecular weight excluding hydrogens is 168 g/mol. The maximum absolute atomic E-state index is 11.4. The highest BCUT2D eigenvalue weighted by molar-refractivity contribution is 5.94. The highest BCUT2D eigenvalue weighted by Gasteiger charge is 2.08. The Morgan fingerprint density at radius 2 is 2.15 bits per heavy atom. The van der Waals surface area contributed by atoms with E-state index in [1.807, 2.05) is 0 Å². The minimum absolute atomic E-state index is 0.156. The van der Waals surface area contributed by atoms with Crippen LogP contribution in [0.2, 0.25) is 0 Å². The van der Waals surface area contributed by atoms with Crippen LogP contribution in [0.5, 0.6) is 0 Å². The molecule has 0 aliphatic heterocycles. The first-order chi connectivity index (χ1) is 6.15. The molecular formula is C9H10N2O2. The minimum atomic E-state index is -0.156. The molecule has 0 saturated carbocycles. The van der Waals surface area contributed by atoms with Crippen molar-refractivity contribution < 1.29 is 9.59 Å². The summed E-state index contributed by atoms with van der Waals surface area (Å²) in [6.07, 6.45) is 3.52. The minimum Gasteiger partial charge on any atom is -0.345 e. The Morgan fingerprint density at radius 3 is 2.69 bits per heavy atom. The maximum atomic E-state index is 11.4. The van der Waals surface area contributed by atoms with Crippen molar-refractivity contribution in [3.05, 3.63) is 29.6 Å². The largest absolute Gasteiger partial charge is 0.345 e. The van der Waals surface area contributed by atoms with Crippen LogP contribution in [0.4, 0.5) is 0 Å². The number of carbonyl (C=O) groups is 2. The summed E-state index contributed by atoms with van der Waals surface area (Å²) in [5.74, 6) is -0.156. The van der Waals surface area contributed by atoms with Gasteiger partial charge in [0.15, 0.2) is 6.29 Å². The molecule has 0 fully saturated rings. The molecule has 1 amide bonds. The van der Waals surface area contributed by atoms with E-state index in [1.54, 1.807) is 14.1 Å². The van der Waals surface area contributed by atoms with Gasteiger partial charge >= 0.3 is 0 Å². The van der Waals surface area contributed by atoms with Gasteiger partial charge in [-0.25, -0.2) is 0 Å². The summed E-state index contributed by atoms with van der Waals surface area (Å²) in [6, 6.07) is 1.52. The van der Waals surface area contributed by atoms with Crippen molar-refractivity contribution in [3.63, 3.8) is 0 Å². The van der Waals surface area contributed by atoms with Crippen LogP contribution in [0.15, 0.2) is 18.5 Å². The first-order valence-electron chi connectivity index (χ1n) is 3.77. The SMILES string of the molecule is CN(C)C(=O)c1cncc(C=O)c1. The number of amides is 1. The van der Waals surface area contributed by atoms with Crippen LogP contribution in [0.3, 0.4) is 0 Å². The highest BCUT2D eigenvalue weighted by atomic mass is 16.2. The van der Waals surface area contributed by atoms with Gasteiger partial charge in [-0.2, -0.15) is 0 Å². The number of hydrogen-bond acceptors (Lipinski definition) is 3. The number of rotatable bonds is 2. The number of hydrogen-bond donors (Lipinski definition) is 0. The van der Waals surface area contributed by atoms with E-state index in [-0.39, 0.29) is 5.91 Å². The molecule has 0 atom stereocenters. The first-order valence-corrected chi connectivity index (χ1v) is 3.77. The molecule has 0 unspecified atom stereocenters. The molecule has 1 heterocycles. The summed E-state index contributed by atoms with van der Waals surface area (Å²) in [4.78, 5) is 27.0. The second kappa shape index (κ2) is 3.80. The van der Waals surface area contributed by atoms with E-state index in [4.69, 9.17) is 0 Å². The van der Waals surface area contributed by atoms with Crippen LogP contribution in [-0.2, 0) is 0 Å². The van der Waals surface area contributed by atoms with Gasteiger partial charge in [-0.3, -0.25) is 14.6 Å². The van der Waals surface area contributed by atoms with Gasteiger partial charge in [-0.1, -0.05) is 0 Å². The van der Waals surface area contributed by atoms with E-state index < -0.39 is 0 Å². The quantitative estimate of drug-likeness (QED) is 0.623. The van der Waals surface area contributed by atoms with E-state index in [9.17, 15) is 9.59 Å². The third-order valence-electron chi connectivity index (χ3n) is 1.55. The lowest BCUT2D eigenvalue weighted by Gasteiger charge is -2.09. The lowest BCUT2D eigenvalue weighted by molar-refractivity contribution is 0.0827. The fraction of sp³-hybridized carbons (Fsp3) is 0.222. The topological polar surface area (TPSA) is 50.3 Å². The third kappa shape index (κ3) is 2.11. The van der Waals surface area contributed by atoms with E-state index in [0.717, 1.165) is 0 Å². The van der Waals surface area contributed by atoms with Crippen LogP contribution in [-0.4, -0.2) is 36.2 Å². The van der Waals surface area contributed by atoms with Crippen molar-refractivity contribution in [2.45, 2.75) is 0 Å². The number of carbonyl (C=O) groups excluding carboxylic acids is 2. The average molecular weight is 178 g/mol. The average Bonchev–Trinajstić information content (AvgIpc) is 2.16. The van der Waals surface area contributed by atoms with Gasteiger partial charge in [0, 0.05) is 32.1 Å². The van der Waals surface area contributed by atoms with Crippen molar-refractivity contribution in [1.82, 2.24) is 9.88 Å². The Labute approximate surface area is 76.2 Å². The van der Waals surface area contributed by atoms with Crippen LogP contribution in [0, 0.1) is 0 Å². The lowest BCUT2D eigenvalue weighted by atomic mass is 10.2. The normalized spacial score (nSPS) is 9.38. The molecule has 0 aliphatic carbocycles. The van der Waals surface area contributed by atoms with E-state index in [2.05, 4.69) is 4.98 Å². The molecule has 4 heteroatoms. The molecule has 4 nitrogen and oxygen atoms in total. The van der Waals surface area contributed by atoms with E-state index in [0.29, 0.717) is 17.4 Å². The summed E-state index contributed by atoms with van der Waals surface area (Å²) in [7, 11) is 3.30. The van der Waals surface area contributed by atoms with Crippen LogP contribution in [0.25, 0.3) is 0 Å². The number of aldehydes is 1. The molecule has 0 saturated heterocycles. The summed E-state index contributed by atoms with van der Waals surface area (Å²) >= 11 is 0. The Kier molecular flexibility index (Phi) is 2.74. The molecule has 0 aliphatic rings. The lowest BCUT2D eigenvalue weighted by Crippen LogP contribution is -2.21. The molecule has 0 N–H and O–H groups in total. The van der Waals surface area contributed by atoms with Gasteiger partial charge in [0.2, 0.25) is 0 Å². The summed E-state index contributed by atoms with van der Waals surface area (Å²) in [5.41, 5.74) is 0.835. The van der Waals surface area contributed by atoms with Gasteiger partial charge < -0.3 is 4.90 Å². The van der Waals surface area contributed by atoms with Gasteiger partial charge in [0.1, 0.15) is 0 Å². The second-order valence-electron chi connectivity index (χ2n) is 2.82. The second-order valence-corrected chi connectivity index (χ2v) is 2.82. The predicted molar refractivity (Wildman–Crippen MR) is 47.6 cm³/mol. The van der Waals surface area contributed by atoms with E-state index in [1.165, 1.54) is 23.4 Å². The molecule has 13 heavy (non-hydrogen) atoms. The van der Waals surface area contributed by atoms with Gasteiger partial charge in [0.05, 0.1) is 5.56 Å².